The van der Waals surface area contributed by atoms with Crippen molar-refractivity contribution in [2.24, 2.45) is 0 Å². The van der Waals surface area contributed by atoms with E-state index >= 15 is 0 Å². The van der Waals surface area contributed by atoms with E-state index in [1.807, 2.05) is 0 Å². The predicted molar refractivity (Wildman–Crippen MR) is 70.7 cm³/mol. The van der Waals surface area contributed by atoms with E-state index in [9.17, 15) is 18.0 Å². The van der Waals surface area contributed by atoms with Crippen LogP contribution in [-0.4, -0.2) is 32.3 Å². The summed E-state index contributed by atoms with van der Waals surface area (Å²) in [7, 11) is -1.42. The van der Waals surface area contributed by atoms with Gasteiger partial charge in [-0.3, -0.25) is 4.79 Å². The van der Waals surface area contributed by atoms with Gasteiger partial charge in [-0.2, -0.15) is 13.2 Å². The van der Waals surface area contributed by atoms with Crippen LogP contribution in [0.1, 0.15) is 15.9 Å². The Hall–Kier alpha value is -1.34. The van der Waals surface area contributed by atoms with E-state index < -0.39 is 26.1 Å². The van der Waals surface area contributed by atoms with Gasteiger partial charge in [0, 0.05) is 18.2 Å². The molecule has 7 heteroatoms. The molecule has 1 atom stereocenters. The number of hydrogen-bond donors (Lipinski definition) is 0. The first kappa shape index (κ1) is 15.1. The molecule has 110 valence electrons. The summed E-state index contributed by atoms with van der Waals surface area (Å²) in [6.45, 7) is 5.00. The molecule has 20 heavy (non-hydrogen) atoms. The van der Waals surface area contributed by atoms with Crippen LogP contribution in [0.25, 0.3) is 0 Å². The zero-order valence-electron chi connectivity index (χ0n) is 11.7. The van der Waals surface area contributed by atoms with E-state index in [1.165, 1.54) is 18.2 Å². The van der Waals surface area contributed by atoms with E-state index in [-0.39, 0.29) is 11.1 Å². The maximum absolute atomic E-state index is 13.8. The molecule has 0 N–H and O–H groups in total. The molecule has 1 heterocycles. The van der Waals surface area contributed by atoms with Crippen LogP contribution >= 0.6 is 0 Å². The molecule has 1 unspecified atom stereocenters. The van der Waals surface area contributed by atoms with E-state index in [0.29, 0.717) is 4.90 Å². The van der Waals surface area contributed by atoms with E-state index in [2.05, 4.69) is 0 Å². The number of halogens is 3. The molecule has 2 rings (SSSR count). The van der Waals surface area contributed by atoms with Crippen LogP contribution in [0, 0.1) is 0 Å². The summed E-state index contributed by atoms with van der Waals surface area (Å²) in [4.78, 5) is 12.8. The van der Waals surface area contributed by atoms with Crippen LogP contribution < -0.4 is 0 Å². The third-order valence-electron chi connectivity index (χ3n) is 3.14. The van der Waals surface area contributed by atoms with Crippen molar-refractivity contribution >= 4 is 14.2 Å². The molecule has 1 amide bonds. The van der Waals surface area contributed by atoms with Gasteiger partial charge in [0.2, 0.25) is 0 Å². The minimum atomic E-state index is -4.70. The van der Waals surface area contributed by atoms with Crippen LogP contribution in [0.4, 0.5) is 13.2 Å². The predicted octanol–water partition coefficient (Wildman–Crippen LogP) is 3.34. The molecule has 0 saturated carbocycles. The molecule has 1 aromatic rings. The number of nitrogens with zero attached hydrogens (tertiary/aromatic N) is 1. The van der Waals surface area contributed by atoms with Crippen LogP contribution in [0.15, 0.2) is 24.3 Å². The van der Waals surface area contributed by atoms with Gasteiger partial charge in [0.1, 0.15) is 0 Å². The van der Waals surface area contributed by atoms with E-state index in [0.717, 1.165) is 7.05 Å². The number of benzene rings is 1. The lowest BCUT2D eigenvalue weighted by Crippen LogP contribution is -2.58. The monoisotopic (exact) mass is 303 g/mol. The summed E-state index contributed by atoms with van der Waals surface area (Å²) >= 11 is 0. The topological polar surface area (TPSA) is 29.5 Å². The fraction of sp³-hybridized carbons (Fsp3) is 0.462. The molecule has 0 fully saturated rings. The molecule has 3 nitrogen and oxygen atoms in total. The van der Waals surface area contributed by atoms with Gasteiger partial charge in [-0.15, -0.1) is 0 Å². The van der Waals surface area contributed by atoms with Crippen molar-refractivity contribution < 1.29 is 22.4 Å². The van der Waals surface area contributed by atoms with Crippen molar-refractivity contribution in [3.05, 3.63) is 35.4 Å². The van der Waals surface area contributed by atoms with Crippen molar-refractivity contribution in [3.63, 3.8) is 0 Å². The van der Waals surface area contributed by atoms with Crippen molar-refractivity contribution in [2.45, 2.75) is 31.5 Å². The summed E-state index contributed by atoms with van der Waals surface area (Å²) in [5.74, 6) is -0.670. The molecule has 0 saturated heterocycles. The Labute approximate surface area is 116 Å². The van der Waals surface area contributed by atoms with Crippen LogP contribution in [0.3, 0.4) is 0 Å². The highest BCUT2D eigenvalue weighted by Crippen LogP contribution is 2.51. The quantitative estimate of drug-likeness (QED) is 0.784. The van der Waals surface area contributed by atoms with Gasteiger partial charge in [-0.1, -0.05) is 18.2 Å². The summed E-state index contributed by atoms with van der Waals surface area (Å²) < 4.78 is 46.7. The number of carbonyl (C=O) groups is 1. The number of amides is 1. The van der Waals surface area contributed by atoms with Crippen LogP contribution in [0.5, 0.6) is 0 Å². The molecule has 1 aliphatic heterocycles. The van der Waals surface area contributed by atoms with Gasteiger partial charge in [-0.05, 0) is 25.7 Å². The SMILES string of the molecule is CN1C(=O)c2ccccc2C1(O[Si](C)(C)C)C(F)(F)F. The molecule has 0 spiro atoms. The standard InChI is InChI=1S/C13H16F3NO2Si/c1-17-11(18)9-7-5-6-8-10(9)12(17,13(14,15)16)19-20(2,3)4/h5-8H,1-4H3. The van der Waals surface area contributed by atoms with Gasteiger partial charge < -0.3 is 9.33 Å². The Morgan fingerprint density at radius 1 is 1.20 bits per heavy atom. The minimum absolute atomic E-state index is 0.0468. The third-order valence-corrected chi connectivity index (χ3v) is 4.05. The third kappa shape index (κ3) is 2.05. The van der Waals surface area contributed by atoms with Gasteiger partial charge in [0.25, 0.3) is 11.6 Å². The molecule has 0 aliphatic carbocycles. The smallest absolute Gasteiger partial charge is 0.385 e. The largest absolute Gasteiger partial charge is 0.440 e. The maximum Gasteiger partial charge on any atom is 0.440 e. The summed E-state index contributed by atoms with van der Waals surface area (Å²) in [5, 5.41) is 0. The highest BCUT2D eigenvalue weighted by Gasteiger charge is 2.67. The zero-order valence-corrected chi connectivity index (χ0v) is 12.7. The number of alkyl halides is 3. The van der Waals surface area contributed by atoms with Crippen LogP contribution in [0.2, 0.25) is 19.6 Å². The zero-order chi connectivity index (χ0) is 15.3. The molecular formula is C13H16F3NO2Si. The second-order valence-corrected chi connectivity index (χ2v) is 10.2. The van der Waals surface area contributed by atoms with Crippen molar-refractivity contribution in [1.29, 1.82) is 0 Å². The molecule has 1 aliphatic rings. The second kappa shape index (κ2) is 4.32. The molecule has 0 bridgehead atoms. The van der Waals surface area contributed by atoms with Gasteiger partial charge in [0.15, 0.2) is 8.32 Å². The first-order valence-corrected chi connectivity index (χ1v) is 9.56. The number of rotatable bonds is 2. The fourth-order valence-corrected chi connectivity index (χ4v) is 3.69. The summed E-state index contributed by atoms with van der Waals surface area (Å²) in [6.07, 6.45) is -4.70. The number of carbonyl (C=O) groups excluding carboxylic acids is 1. The maximum atomic E-state index is 13.8. The lowest BCUT2D eigenvalue weighted by molar-refractivity contribution is -0.297. The molecule has 0 radical (unpaired) electrons. The highest BCUT2D eigenvalue weighted by molar-refractivity contribution is 6.69. The highest BCUT2D eigenvalue weighted by atomic mass is 28.4. The first-order valence-electron chi connectivity index (χ1n) is 6.15. The Morgan fingerprint density at radius 2 is 1.75 bits per heavy atom. The Morgan fingerprint density at radius 3 is 2.25 bits per heavy atom. The Kier molecular flexibility index (Phi) is 3.26. The molecule has 0 aromatic heterocycles. The van der Waals surface area contributed by atoms with Gasteiger partial charge in [-0.25, -0.2) is 0 Å². The normalized spacial score (nSPS) is 23.1. The average Bonchev–Trinajstić information content (AvgIpc) is 2.51. The fourth-order valence-electron chi connectivity index (χ4n) is 2.44. The lowest BCUT2D eigenvalue weighted by Gasteiger charge is -2.42. The average molecular weight is 303 g/mol. The van der Waals surface area contributed by atoms with E-state index in [4.69, 9.17) is 4.43 Å². The van der Waals surface area contributed by atoms with Crippen molar-refractivity contribution in [3.8, 4) is 0 Å². The number of fused-ring (bicyclic) bond motifs is 1. The first-order chi connectivity index (χ1) is 9.01. The molecular weight excluding hydrogens is 287 g/mol. The van der Waals surface area contributed by atoms with Crippen molar-refractivity contribution in [1.82, 2.24) is 4.90 Å². The summed E-state index contributed by atoms with van der Waals surface area (Å²) in [6, 6.07) is 5.74. The minimum Gasteiger partial charge on any atom is -0.385 e. The summed E-state index contributed by atoms with van der Waals surface area (Å²) in [5.41, 5.74) is -2.75. The van der Waals surface area contributed by atoms with Crippen molar-refractivity contribution in [2.75, 3.05) is 7.05 Å². The Balaban J connectivity index is 2.72. The van der Waals surface area contributed by atoms with Crippen LogP contribution in [-0.2, 0) is 10.2 Å². The van der Waals surface area contributed by atoms with Gasteiger partial charge in [0.05, 0.1) is 0 Å². The Bertz CT molecular complexity index is 553. The lowest BCUT2D eigenvalue weighted by atomic mass is 10.0. The number of hydrogen-bond acceptors (Lipinski definition) is 2. The van der Waals surface area contributed by atoms with Gasteiger partial charge >= 0.3 is 6.18 Å². The molecule has 1 aromatic carbocycles. The second-order valence-electron chi connectivity index (χ2n) is 5.77. The van der Waals surface area contributed by atoms with E-state index in [1.54, 1.807) is 25.7 Å².